The van der Waals surface area contributed by atoms with E-state index in [1.165, 1.54) is 168 Å². The molecule has 5 nitrogen and oxygen atoms in total. The van der Waals surface area contributed by atoms with Gasteiger partial charge in [0.2, 0.25) is 0 Å². The van der Waals surface area contributed by atoms with Gasteiger partial charge >= 0.3 is 11.9 Å². The number of carbonyl (C=O) groups is 2. The number of allylic oxidation sites excluding steroid dienone is 4. The van der Waals surface area contributed by atoms with E-state index in [2.05, 4.69) is 98.8 Å². The summed E-state index contributed by atoms with van der Waals surface area (Å²) in [4.78, 5) is 35.3. The second kappa shape index (κ2) is 35.5. The smallest absolute Gasteiger partial charge is 0.305 e. The van der Waals surface area contributed by atoms with Crippen molar-refractivity contribution < 1.29 is 23.9 Å². The standard InChI is InChI=1S/C55H90O5Si/c1-55(2,61(58,51-43-35-31-36-44-51)52-45-37-32-38-46-52)49-50(41-33-27-23-19-15-11-7-5-9-13-17-21-25-29-39-47-53(56)59-3)42-34-28-24-20-16-12-8-6-10-14-18-22-26-30-40-48-54(57)60-4/h5-6,9-10,31-32,35-38,43-46,50,58H,7-8,11-30,33-34,39-42,47-49H2,1-4H3/b9-5-,10-6-. The van der Waals surface area contributed by atoms with Crippen molar-refractivity contribution in [3.63, 3.8) is 0 Å². The molecule has 61 heavy (non-hydrogen) atoms. The summed E-state index contributed by atoms with van der Waals surface area (Å²) in [5.74, 6) is 0.460. The molecule has 0 unspecified atom stereocenters. The molecule has 2 aromatic carbocycles. The van der Waals surface area contributed by atoms with E-state index in [-0.39, 0.29) is 17.0 Å². The Morgan fingerprint density at radius 1 is 0.492 bits per heavy atom. The van der Waals surface area contributed by atoms with Crippen LogP contribution in [0.25, 0.3) is 0 Å². The van der Waals surface area contributed by atoms with Gasteiger partial charge in [-0.15, -0.1) is 0 Å². The Morgan fingerprint density at radius 3 is 1.11 bits per heavy atom. The normalized spacial score (nSPS) is 12.2. The molecule has 0 amide bonds. The number of rotatable bonds is 39. The summed E-state index contributed by atoms with van der Waals surface area (Å²) in [6, 6.07) is 21.2. The van der Waals surface area contributed by atoms with E-state index in [1.54, 1.807) is 0 Å². The number of hydrogen-bond acceptors (Lipinski definition) is 5. The van der Waals surface area contributed by atoms with Gasteiger partial charge in [0, 0.05) is 12.8 Å². The number of methoxy groups -OCH3 is 2. The number of hydrogen-bond donors (Lipinski definition) is 1. The predicted molar refractivity (Wildman–Crippen MR) is 263 cm³/mol. The molecule has 0 aliphatic rings. The van der Waals surface area contributed by atoms with Crippen LogP contribution in [0, 0.1) is 5.92 Å². The summed E-state index contributed by atoms with van der Waals surface area (Å²) >= 11 is 0. The van der Waals surface area contributed by atoms with Gasteiger partial charge in [0.25, 0.3) is 8.32 Å². The maximum atomic E-state index is 12.9. The molecule has 0 radical (unpaired) electrons. The Bertz CT molecular complexity index is 1310. The molecule has 2 rings (SSSR count). The molecule has 0 saturated carbocycles. The van der Waals surface area contributed by atoms with Crippen molar-refractivity contribution in [1.29, 1.82) is 0 Å². The Balaban J connectivity index is 1.73. The van der Waals surface area contributed by atoms with Crippen molar-refractivity contribution >= 4 is 30.6 Å². The fourth-order valence-corrected chi connectivity index (χ4v) is 13.0. The highest BCUT2D eigenvalue weighted by Crippen LogP contribution is 2.44. The molecule has 0 aliphatic heterocycles. The van der Waals surface area contributed by atoms with Crippen LogP contribution in [-0.2, 0) is 19.1 Å². The molecular weight excluding hydrogens is 769 g/mol. The van der Waals surface area contributed by atoms with Crippen LogP contribution >= 0.6 is 0 Å². The van der Waals surface area contributed by atoms with Gasteiger partial charge in [0.1, 0.15) is 0 Å². The third kappa shape index (κ3) is 25.1. The van der Waals surface area contributed by atoms with Gasteiger partial charge in [0.15, 0.2) is 0 Å². The van der Waals surface area contributed by atoms with Crippen LogP contribution in [0.2, 0.25) is 5.04 Å². The molecule has 0 fully saturated rings. The van der Waals surface area contributed by atoms with E-state index in [1.807, 2.05) is 0 Å². The fraction of sp³-hybridized carbons (Fsp3) is 0.673. The first-order valence-corrected chi connectivity index (χ1v) is 27.0. The molecular formula is C55H90O5Si. The Kier molecular flexibility index (Phi) is 31.5. The van der Waals surface area contributed by atoms with Gasteiger partial charge in [-0.3, -0.25) is 9.59 Å². The van der Waals surface area contributed by atoms with Crippen molar-refractivity contribution in [2.45, 2.75) is 218 Å². The summed E-state index contributed by atoms with van der Waals surface area (Å²) < 4.78 is 9.43. The summed E-state index contributed by atoms with van der Waals surface area (Å²) in [7, 11) is -0.0919. The maximum Gasteiger partial charge on any atom is 0.305 e. The van der Waals surface area contributed by atoms with Crippen molar-refractivity contribution in [3.05, 3.63) is 85.0 Å². The van der Waals surface area contributed by atoms with Crippen molar-refractivity contribution in [2.75, 3.05) is 14.2 Å². The number of unbranched alkanes of at least 4 members (excludes halogenated alkanes) is 22. The Morgan fingerprint density at radius 2 is 0.787 bits per heavy atom. The van der Waals surface area contributed by atoms with Crippen molar-refractivity contribution in [1.82, 2.24) is 0 Å². The average molecular weight is 859 g/mol. The highest BCUT2D eigenvalue weighted by atomic mass is 28.4. The summed E-state index contributed by atoms with van der Waals surface area (Å²) in [6.07, 6.45) is 46.3. The van der Waals surface area contributed by atoms with E-state index in [4.69, 9.17) is 9.47 Å². The van der Waals surface area contributed by atoms with Gasteiger partial charge in [-0.25, -0.2) is 0 Å². The third-order valence-electron chi connectivity index (χ3n) is 12.9. The molecule has 2 aromatic rings. The van der Waals surface area contributed by atoms with Gasteiger partial charge < -0.3 is 14.3 Å². The van der Waals surface area contributed by atoms with E-state index in [0.29, 0.717) is 18.8 Å². The van der Waals surface area contributed by atoms with E-state index in [0.717, 1.165) is 42.5 Å². The maximum absolute atomic E-state index is 12.9. The highest BCUT2D eigenvalue weighted by Gasteiger charge is 2.50. The number of carbonyl (C=O) groups excluding carboxylic acids is 2. The zero-order chi connectivity index (χ0) is 44.1. The SMILES string of the molecule is COC(=O)CCCCCCC/C=C\CCCCCCCCC(CCCCCCCC/C=C\CCCCCCCC(=O)OC)CC(C)(C)[Si](O)(c1ccccc1)c1ccccc1. The molecule has 1 N–H and O–H groups in total. The van der Waals surface area contributed by atoms with Gasteiger partial charge in [-0.2, -0.15) is 0 Å². The van der Waals surface area contributed by atoms with E-state index in [9.17, 15) is 14.4 Å². The largest absolute Gasteiger partial charge is 0.469 e. The second-order valence-corrected chi connectivity index (χ2v) is 22.4. The monoisotopic (exact) mass is 859 g/mol. The van der Waals surface area contributed by atoms with Crippen LogP contribution in [0.15, 0.2) is 85.0 Å². The van der Waals surface area contributed by atoms with Gasteiger partial charge in [-0.1, -0.05) is 214 Å². The fourth-order valence-electron chi connectivity index (χ4n) is 9.13. The first-order valence-electron chi connectivity index (χ1n) is 25.0. The molecule has 344 valence electrons. The van der Waals surface area contributed by atoms with Crippen LogP contribution in [0.1, 0.15) is 213 Å². The summed E-state index contributed by atoms with van der Waals surface area (Å²) in [6.45, 7) is 4.72. The van der Waals surface area contributed by atoms with Crippen LogP contribution in [0.4, 0.5) is 0 Å². The van der Waals surface area contributed by atoms with E-state index >= 15 is 0 Å². The topological polar surface area (TPSA) is 72.8 Å². The lowest BCUT2D eigenvalue weighted by atomic mass is 9.87. The summed E-state index contributed by atoms with van der Waals surface area (Å²) in [5.41, 5.74) is 0. The first-order chi connectivity index (χ1) is 29.7. The quantitative estimate of drug-likeness (QED) is 0.0314. The second-order valence-electron chi connectivity index (χ2n) is 18.5. The molecule has 0 bridgehead atoms. The Hall–Kier alpha value is -2.96. The minimum absolute atomic E-state index is 0.0879. The lowest BCUT2D eigenvalue weighted by Gasteiger charge is -2.43. The molecule has 0 aliphatic carbocycles. The third-order valence-corrected chi connectivity index (χ3v) is 17.4. The lowest BCUT2D eigenvalue weighted by Crippen LogP contribution is -2.65. The minimum Gasteiger partial charge on any atom is -0.469 e. The summed E-state index contributed by atoms with van der Waals surface area (Å²) in [5, 5.41) is 2.06. The minimum atomic E-state index is -3.02. The zero-order valence-corrected chi connectivity index (χ0v) is 40.7. The number of benzene rings is 2. The highest BCUT2D eigenvalue weighted by molar-refractivity contribution is 6.98. The number of ether oxygens (including phenoxy) is 2. The van der Waals surface area contributed by atoms with Crippen LogP contribution in [-0.4, -0.2) is 39.3 Å². The predicted octanol–water partition coefficient (Wildman–Crippen LogP) is 14.7. The van der Waals surface area contributed by atoms with Crippen LogP contribution in [0.3, 0.4) is 0 Å². The average Bonchev–Trinajstić information content (AvgIpc) is 3.28. The number of esters is 2. The Labute approximate surface area is 376 Å². The van der Waals surface area contributed by atoms with Crippen molar-refractivity contribution in [3.8, 4) is 0 Å². The molecule has 0 heterocycles. The van der Waals surface area contributed by atoms with Crippen LogP contribution in [0.5, 0.6) is 0 Å². The lowest BCUT2D eigenvalue weighted by molar-refractivity contribution is -0.141. The molecule has 6 heteroatoms. The van der Waals surface area contributed by atoms with Gasteiger partial charge in [0.05, 0.1) is 14.2 Å². The van der Waals surface area contributed by atoms with Gasteiger partial charge in [-0.05, 0) is 92.0 Å². The molecule has 0 saturated heterocycles. The first kappa shape index (κ1) is 54.2. The molecule has 0 aromatic heterocycles. The van der Waals surface area contributed by atoms with Crippen molar-refractivity contribution in [2.24, 2.45) is 5.92 Å². The molecule has 0 spiro atoms. The molecule has 0 atom stereocenters. The van der Waals surface area contributed by atoms with E-state index < -0.39 is 8.32 Å². The zero-order valence-electron chi connectivity index (χ0n) is 39.7. The van der Waals surface area contributed by atoms with Crippen LogP contribution < -0.4 is 10.4 Å².